The van der Waals surface area contributed by atoms with Gasteiger partial charge in [0.15, 0.2) is 0 Å². The van der Waals surface area contributed by atoms with Gasteiger partial charge in [0.2, 0.25) is 0 Å². The van der Waals surface area contributed by atoms with E-state index in [-0.39, 0.29) is 11.9 Å². The molecule has 112 valence electrons. The lowest BCUT2D eigenvalue weighted by molar-refractivity contribution is 0.186. The van der Waals surface area contributed by atoms with Crippen molar-refractivity contribution in [1.29, 1.82) is 0 Å². The van der Waals surface area contributed by atoms with Gasteiger partial charge in [-0.05, 0) is 42.7 Å². The Bertz CT molecular complexity index is 824. The summed E-state index contributed by atoms with van der Waals surface area (Å²) in [4.78, 5) is 10.3. The second kappa shape index (κ2) is 5.21. The van der Waals surface area contributed by atoms with Crippen molar-refractivity contribution < 1.29 is 4.39 Å². The van der Waals surface area contributed by atoms with Gasteiger partial charge >= 0.3 is 0 Å². The minimum absolute atomic E-state index is 0.184. The summed E-state index contributed by atoms with van der Waals surface area (Å²) in [5, 5.41) is 0. The minimum atomic E-state index is -0.234. The highest BCUT2D eigenvalue weighted by molar-refractivity contribution is 5.75. The number of aromatic amines is 1. The van der Waals surface area contributed by atoms with Gasteiger partial charge in [-0.1, -0.05) is 24.3 Å². The highest BCUT2D eigenvalue weighted by atomic mass is 19.1. The summed E-state index contributed by atoms with van der Waals surface area (Å²) < 4.78 is 13.3. The Morgan fingerprint density at radius 2 is 2.00 bits per heavy atom. The molecule has 0 saturated carbocycles. The Kier molecular flexibility index (Phi) is 3.19. The van der Waals surface area contributed by atoms with Gasteiger partial charge in [-0.2, -0.15) is 0 Å². The molecule has 0 bridgehead atoms. The molecular formula is C18H18FN3. The van der Waals surface area contributed by atoms with E-state index >= 15 is 0 Å². The zero-order valence-corrected chi connectivity index (χ0v) is 12.5. The van der Waals surface area contributed by atoms with Crippen molar-refractivity contribution in [2.45, 2.75) is 25.9 Å². The smallest absolute Gasteiger partial charge is 0.125 e. The van der Waals surface area contributed by atoms with Gasteiger partial charge < -0.3 is 4.98 Å². The first kappa shape index (κ1) is 13.5. The van der Waals surface area contributed by atoms with Crippen LogP contribution in [0.4, 0.5) is 4.39 Å². The van der Waals surface area contributed by atoms with Crippen LogP contribution in [0.5, 0.6) is 0 Å². The summed E-state index contributed by atoms with van der Waals surface area (Å²) >= 11 is 0. The number of aromatic nitrogens is 2. The lowest BCUT2D eigenvalue weighted by atomic mass is 9.99. The first-order chi connectivity index (χ1) is 10.7. The number of halogens is 1. The van der Waals surface area contributed by atoms with E-state index in [4.69, 9.17) is 0 Å². The van der Waals surface area contributed by atoms with E-state index in [1.54, 1.807) is 6.07 Å². The van der Waals surface area contributed by atoms with Crippen LogP contribution in [-0.2, 0) is 13.0 Å². The Morgan fingerprint density at radius 3 is 2.86 bits per heavy atom. The van der Waals surface area contributed by atoms with Crippen LogP contribution in [0.2, 0.25) is 0 Å². The summed E-state index contributed by atoms with van der Waals surface area (Å²) in [6.45, 7) is 4.11. The van der Waals surface area contributed by atoms with Gasteiger partial charge in [0.25, 0.3) is 0 Å². The third-order valence-electron chi connectivity index (χ3n) is 4.57. The SMILES string of the molecule is CC(c1nc2ccc(F)cc2[nH]1)N1CCc2ccccc2C1. The lowest BCUT2D eigenvalue weighted by Gasteiger charge is -2.32. The lowest BCUT2D eigenvalue weighted by Crippen LogP contribution is -2.33. The van der Waals surface area contributed by atoms with Crippen molar-refractivity contribution in [3.63, 3.8) is 0 Å². The topological polar surface area (TPSA) is 31.9 Å². The molecule has 22 heavy (non-hydrogen) atoms. The van der Waals surface area contributed by atoms with Crippen LogP contribution in [0.15, 0.2) is 42.5 Å². The molecule has 1 N–H and O–H groups in total. The van der Waals surface area contributed by atoms with E-state index in [0.29, 0.717) is 0 Å². The first-order valence-corrected chi connectivity index (χ1v) is 7.67. The van der Waals surface area contributed by atoms with Crippen LogP contribution in [0.1, 0.15) is 29.9 Å². The molecule has 0 saturated heterocycles. The molecule has 1 aliphatic rings. The van der Waals surface area contributed by atoms with Crippen LogP contribution >= 0.6 is 0 Å². The summed E-state index contributed by atoms with van der Waals surface area (Å²) in [7, 11) is 0. The molecule has 3 aromatic rings. The molecule has 1 unspecified atom stereocenters. The molecule has 0 fully saturated rings. The number of nitrogens with one attached hydrogen (secondary N) is 1. The van der Waals surface area contributed by atoms with Gasteiger partial charge in [-0.25, -0.2) is 9.37 Å². The fourth-order valence-electron chi connectivity index (χ4n) is 3.22. The monoisotopic (exact) mass is 295 g/mol. The van der Waals surface area contributed by atoms with Gasteiger partial charge in [0, 0.05) is 13.1 Å². The van der Waals surface area contributed by atoms with Crippen molar-refractivity contribution in [2.24, 2.45) is 0 Å². The summed E-state index contributed by atoms with van der Waals surface area (Å²) in [5.74, 6) is 0.669. The normalized spacial score (nSPS) is 16.6. The largest absolute Gasteiger partial charge is 0.341 e. The number of nitrogens with zero attached hydrogens (tertiary/aromatic N) is 2. The minimum Gasteiger partial charge on any atom is -0.341 e. The molecule has 0 aliphatic carbocycles. The molecule has 2 aromatic carbocycles. The van der Waals surface area contributed by atoms with Crippen molar-refractivity contribution in [3.8, 4) is 0 Å². The molecule has 3 nitrogen and oxygen atoms in total. The zero-order valence-electron chi connectivity index (χ0n) is 12.5. The van der Waals surface area contributed by atoms with E-state index in [1.807, 2.05) is 0 Å². The third-order valence-corrected chi connectivity index (χ3v) is 4.57. The van der Waals surface area contributed by atoms with Gasteiger partial charge in [0.05, 0.1) is 17.1 Å². The quantitative estimate of drug-likeness (QED) is 0.779. The van der Waals surface area contributed by atoms with Gasteiger partial charge in [-0.15, -0.1) is 0 Å². The number of imidazole rings is 1. The van der Waals surface area contributed by atoms with Crippen LogP contribution in [0.3, 0.4) is 0 Å². The third kappa shape index (κ3) is 2.29. The molecule has 1 aromatic heterocycles. The van der Waals surface area contributed by atoms with Crippen molar-refractivity contribution >= 4 is 11.0 Å². The molecule has 1 atom stereocenters. The standard InChI is InChI=1S/C18H18FN3/c1-12(18-20-16-7-6-15(19)10-17(16)21-18)22-9-8-13-4-2-3-5-14(13)11-22/h2-7,10,12H,8-9,11H2,1H3,(H,20,21). The van der Waals surface area contributed by atoms with E-state index in [1.165, 1.54) is 23.3 Å². The predicted molar refractivity (Wildman–Crippen MR) is 85.0 cm³/mol. The molecular weight excluding hydrogens is 277 g/mol. The molecule has 2 heterocycles. The van der Waals surface area contributed by atoms with Gasteiger partial charge in [-0.3, -0.25) is 4.90 Å². The maximum atomic E-state index is 13.3. The summed E-state index contributed by atoms with van der Waals surface area (Å²) in [6, 6.07) is 13.5. The zero-order chi connectivity index (χ0) is 15.1. The fourth-order valence-corrected chi connectivity index (χ4v) is 3.22. The number of hydrogen-bond acceptors (Lipinski definition) is 2. The predicted octanol–water partition coefficient (Wildman–Crippen LogP) is 3.82. The molecule has 0 spiro atoms. The highest BCUT2D eigenvalue weighted by Crippen LogP contribution is 2.27. The Hall–Kier alpha value is -2.20. The molecule has 1 aliphatic heterocycles. The van der Waals surface area contributed by atoms with Crippen molar-refractivity contribution in [1.82, 2.24) is 14.9 Å². The maximum absolute atomic E-state index is 13.3. The van der Waals surface area contributed by atoms with Crippen LogP contribution in [-0.4, -0.2) is 21.4 Å². The summed E-state index contributed by atoms with van der Waals surface area (Å²) in [6.07, 6.45) is 1.06. The second-order valence-electron chi connectivity index (χ2n) is 5.95. The average molecular weight is 295 g/mol. The fraction of sp³-hybridized carbons (Fsp3) is 0.278. The van der Waals surface area contributed by atoms with E-state index in [0.717, 1.165) is 36.4 Å². The Labute approximate surface area is 128 Å². The number of H-pyrrole nitrogens is 1. The average Bonchev–Trinajstić information content (AvgIpc) is 2.96. The van der Waals surface area contributed by atoms with Crippen LogP contribution < -0.4 is 0 Å². The first-order valence-electron chi connectivity index (χ1n) is 7.67. The summed E-state index contributed by atoms with van der Waals surface area (Å²) in [5.41, 5.74) is 4.42. The van der Waals surface area contributed by atoms with Crippen LogP contribution in [0, 0.1) is 5.82 Å². The molecule has 4 heteroatoms. The molecule has 0 amide bonds. The maximum Gasteiger partial charge on any atom is 0.125 e. The second-order valence-corrected chi connectivity index (χ2v) is 5.95. The Balaban J connectivity index is 1.62. The number of hydrogen-bond donors (Lipinski definition) is 1. The number of benzene rings is 2. The molecule has 4 rings (SSSR count). The van der Waals surface area contributed by atoms with Crippen molar-refractivity contribution in [2.75, 3.05) is 6.54 Å². The van der Waals surface area contributed by atoms with E-state index < -0.39 is 0 Å². The molecule has 0 radical (unpaired) electrons. The van der Waals surface area contributed by atoms with Gasteiger partial charge in [0.1, 0.15) is 11.6 Å². The number of fused-ring (bicyclic) bond motifs is 2. The van der Waals surface area contributed by atoms with Crippen molar-refractivity contribution in [3.05, 3.63) is 65.2 Å². The highest BCUT2D eigenvalue weighted by Gasteiger charge is 2.23. The number of rotatable bonds is 2. The van der Waals surface area contributed by atoms with E-state index in [2.05, 4.69) is 46.1 Å². The van der Waals surface area contributed by atoms with E-state index in [9.17, 15) is 4.39 Å². The Morgan fingerprint density at radius 1 is 1.18 bits per heavy atom. The van der Waals surface area contributed by atoms with Crippen LogP contribution in [0.25, 0.3) is 11.0 Å².